The maximum Gasteiger partial charge on any atom is 0.335 e. The van der Waals surface area contributed by atoms with Gasteiger partial charge in [-0.1, -0.05) is 24.6 Å². The molecule has 10 nitrogen and oxygen atoms in total. The van der Waals surface area contributed by atoms with E-state index in [0.29, 0.717) is 22.1 Å². The average molecular weight is 499 g/mol. The van der Waals surface area contributed by atoms with E-state index < -0.39 is 23.2 Å². The highest BCUT2D eigenvalue weighted by Gasteiger charge is 2.36. The van der Waals surface area contributed by atoms with E-state index in [9.17, 15) is 19.5 Å². The lowest BCUT2D eigenvalue weighted by atomic mass is 9.98. The van der Waals surface area contributed by atoms with Crippen LogP contribution in [0.25, 0.3) is 5.69 Å². The van der Waals surface area contributed by atoms with Crippen LogP contribution >= 0.6 is 11.6 Å². The van der Waals surface area contributed by atoms with Gasteiger partial charge in [0.15, 0.2) is 0 Å². The molecular weight excluding hydrogens is 476 g/mol. The Kier molecular flexibility index (Phi) is 6.65. The molecule has 1 aliphatic heterocycles. The molecule has 2 heterocycles. The van der Waals surface area contributed by atoms with Crippen LogP contribution < -0.4 is 20.7 Å². The Morgan fingerprint density at radius 1 is 1.20 bits per heavy atom. The molecule has 11 heteroatoms. The van der Waals surface area contributed by atoms with E-state index in [4.69, 9.17) is 21.1 Å². The van der Waals surface area contributed by atoms with Gasteiger partial charge in [0, 0.05) is 29.5 Å². The molecule has 4 rings (SSSR count). The van der Waals surface area contributed by atoms with Crippen LogP contribution in [0.15, 0.2) is 57.2 Å². The highest BCUT2D eigenvalue weighted by atomic mass is 35.5. The van der Waals surface area contributed by atoms with Gasteiger partial charge in [0.1, 0.15) is 17.1 Å². The predicted octanol–water partition coefficient (Wildman–Crippen LogP) is 2.99. The van der Waals surface area contributed by atoms with Gasteiger partial charge in [0.05, 0.1) is 31.7 Å². The number of amides is 1. The fourth-order valence-electron chi connectivity index (χ4n) is 4.03. The van der Waals surface area contributed by atoms with Gasteiger partial charge in [0.2, 0.25) is 11.8 Å². The van der Waals surface area contributed by atoms with Crippen molar-refractivity contribution in [3.63, 3.8) is 0 Å². The molecule has 0 aliphatic carbocycles. The third kappa shape index (κ3) is 4.40. The van der Waals surface area contributed by atoms with Gasteiger partial charge in [-0.2, -0.15) is 5.10 Å². The molecule has 35 heavy (non-hydrogen) atoms. The number of ether oxygens (including phenoxy) is 2. The Hall–Kier alpha value is -4.05. The molecule has 1 atom stereocenters. The van der Waals surface area contributed by atoms with Crippen molar-refractivity contribution in [2.45, 2.75) is 25.8 Å². The molecule has 1 aromatic heterocycles. The van der Waals surface area contributed by atoms with Crippen molar-refractivity contribution >= 4 is 23.2 Å². The van der Waals surface area contributed by atoms with Crippen molar-refractivity contribution in [1.29, 1.82) is 0 Å². The molecule has 2 N–H and O–H groups in total. The first-order chi connectivity index (χ1) is 16.8. The van der Waals surface area contributed by atoms with E-state index in [1.807, 2.05) is 0 Å². The number of rotatable bonds is 6. The molecule has 182 valence electrons. The van der Waals surface area contributed by atoms with Gasteiger partial charge in [0.25, 0.3) is 5.56 Å². The number of carbonyl (C=O) groups is 1. The molecule has 0 saturated carbocycles. The summed E-state index contributed by atoms with van der Waals surface area (Å²) in [7, 11) is 3.03. The van der Waals surface area contributed by atoms with E-state index in [0.717, 1.165) is 4.57 Å². The molecule has 1 aliphatic rings. The van der Waals surface area contributed by atoms with Crippen LogP contribution in [0.4, 0.5) is 0 Å². The number of aromatic nitrogens is 2. The summed E-state index contributed by atoms with van der Waals surface area (Å²) in [5.41, 5.74) is -0.834. The number of aromatic hydroxyl groups is 1. The first-order valence-electron chi connectivity index (χ1n) is 10.7. The van der Waals surface area contributed by atoms with Gasteiger partial charge >= 0.3 is 5.69 Å². The fraction of sp³-hybridized carbons (Fsp3) is 0.250. The summed E-state index contributed by atoms with van der Waals surface area (Å²) in [5.74, 6) is 0.149. The number of halogens is 1. The van der Waals surface area contributed by atoms with E-state index >= 15 is 0 Å². The monoisotopic (exact) mass is 498 g/mol. The minimum atomic E-state index is -0.841. The van der Waals surface area contributed by atoms with Crippen molar-refractivity contribution in [2.75, 3.05) is 14.2 Å². The number of hydrogen-bond donors (Lipinski definition) is 2. The molecule has 0 radical (unpaired) electrons. The summed E-state index contributed by atoms with van der Waals surface area (Å²) >= 11 is 6.05. The van der Waals surface area contributed by atoms with Gasteiger partial charge < -0.3 is 14.6 Å². The third-order valence-electron chi connectivity index (χ3n) is 5.71. The van der Waals surface area contributed by atoms with Crippen molar-refractivity contribution in [3.05, 3.63) is 79.5 Å². The number of nitrogens with zero attached hydrogens (tertiary/aromatic N) is 3. The highest BCUT2D eigenvalue weighted by Crippen LogP contribution is 2.39. The maximum absolute atomic E-state index is 12.8. The van der Waals surface area contributed by atoms with Crippen LogP contribution in [-0.2, 0) is 4.79 Å². The Morgan fingerprint density at radius 2 is 1.97 bits per heavy atom. The number of hydrazone groups is 1. The Bertz CT molecular complexity index is 1440. The minimum Gasteiger partial charge on any atom is -0.497 e. The van der Waals surface area contributed by atoms with Gasteiger partial charge in [-0.25, -0.2) is 14.4 Å². The van der Waals surface area contributed by atoms with Crippen molar-refractivity contribution in [3.8, 4) is 23.1 Å². The SMILES string of the molecule is CCC(=O)N1N=C(c2c(O)n(-c3cccc(Cl)c3)c(=O)[nH]c2=O)C[C@@H]1c1ccc(OC)cc1OC. The predicted molar refractivity (Wildman–Crippen MR) is 130 cm³/mol. The molecule has 2 aromatic carbocycles. The maximum atomic E-state index is 12.8. The van der Waals surface area contributed by atoms with E-state index in [-0.39, 0.29) is 35.7 Å². The zero-order valence-corrected chi connectivity index (χ0v) is 20.0. The van der Waals surface area contributed by atoms with Crippen LogP contribution in [-0.4, -0.2) is 45.5 Å². The number of carbonyl (C=O) groups excluding carboxylic acids is 1. The Labute approximate surface area is 205 Å². The zero-order valence-electron chi connectivity index (χ0n) is 19.2. The summed E-state index contributed by atoms with van der Waals surface area (Å²) < 4.78 is 11.7. The minimum absolute atomic E-state index is 0.0961. The second kappa shape index (κ2) is 9.67. The second-order valence-corrected chi connectivity index (χ2v) is 8.18. The number of hydrogen-bond acceptors (Lipinski definition) is 7. The van der Waals surface area contributed by atoms with Crippen molar-refractivity contribution in [2.24, 2.45) is 5.10 Å². The van der Waals surface area contributed by atoms with E-state index in [2.05, 4.69) is 10.1 Å². The lowest BCUT2D eigenvalue weighted by Crippen LogP contribution is -2.33. The molecule has 0 saturated heterocycles. The van der Waals surface area contributed by atoms with Crippen LogP contribution in [0.5, 0.6) is 17.4 Å². The Balaban J connectivity index is 1.86. The molecule has 1 amide bonds. The molecule has 0 unspecified atom stereocenters. The quantitative estimate of drug-likeness (QED) is 0.538. The fourth-order valence-corrected chi connectivity index (χ4v) is 4.21. The van der Waals surface area contributed by atoms with Crippen LogP contribution in [0.2, 0.25) is 5.02 Å². The van der Waals surface area contributed by atoms with Crippen LogP contribution in [0, 0.1) is 0 Å². The van der Waals surface area contributed by atoms with Gasteiger partial charge in [-0.15, -0.1) is 0 Å². The largest absolute Gasteiger partial charge is 0.497 e. The summed E-state index contributed by atoms with van der Waals surface area (Å²) in [4.78, 5) is 40.4. The van der Waals surface area contributed by atoms with E-state index in [1.165, 1.54) is 25.3 Å². The van der Waals surface area contributed by atoms with Crippen LogP contribution in [0.3, 0.4) is 0 Å². The summed E-state index contributed by atoms with van der Waals surface area (Å²) in [6.07, 6.45) is 0.259. The number of benzene rings is 2. The highest BCUT2D eigenvalue weighted by molar-refractivity contribution is 6.30. The summed E-state index contributed by atoms with van der Waals surface area (Å²) in [5, 5.41) is 17.0. The van der Waals surface area contributed by atoms with Crippen molar-refractivity contribution < 1.29 is 19.4 Å². The molecule has 0 spiro atoms. The molecule has 3 aromatic rings. The van der Waals surface area contributed by atoms with Gasteiger partial charge in [-0.05, 0) is 30.3 Å². The van der Waals surface area contributed by atoms with Crippen molar-refractivity contribution in [1.82, 2.24) is 14.6 Å². The number of aromatic amines is 1. The number of nitrogens with one attached hydrogen (secondary N) is 1. The zero-order chi connectivity index (χ0) is 25.3. The number of H-pyrrole nitrogens is 1. The first-order valence-corrected chi connectivity index (χ1v) is 11.1. The first kappa shape index (κ1) is 24.1. The number of methoxy groups -OCH3 is 2. The molecular formula is C24H23ClN4O6. The second-order valence-electron chi connectivity index (χ2n) is 7.74. The Morgan fingerprint density at radius 3 is 2.63 bits per heavy atom. The molecule has 0 bridgehead atoms. The van der Waals surface area contributed by atoms with Crippen LogP contribution in [0.1, 0.15) is 36.9 Å². The van der Waals surface area contributed by atoms with E-state index in [1.54, 1.807) is 43.3 Å². The summed E-state index contributed by atoms with van der Waals surface area (Å²) in [6.45, 7) is 1.70. The smallest absolute Gasteiger partial charge is 0.335 e. The third-order valence-corrected chi connectivity index (χ3v) is 5.94. The average Bonchev–Trinajstić information content (AvgIpc) is 3.27. The lowest BCUT2D eigenvalue weighted by Gasteiger charge is -2.23. The topological polar surface area (TPSA) is 126 Å². The standard InChI is InChI=1S/C24H23ClN4O6/c1-4-20(30)29-18(16-9-8-15(34-2)11-19(16)35-3)12-17(27-29)21-22(31)26-24(33)28(23(21)32)14-7-5-6-13(25)10-14/h5-11,18,32H,4,12H2,1-3H3,(H,26,31,33)/t18-/m1/s1. The normalized spacial score (nSPS) is 15.1. The van der Waals surface area contributed by atoms with Gasteiger partial charge in [-0.3, -0.25) is 14.6 Å². The summed E-state index contributed by atoms with van der Waals surface area (Å²) in [6, 6.07) is 10.8. The molecule has 0 fully saturated rings. The lowest BCUT2D eigenvalue weighted by molar-refractivity contribution is -0.132.